The molecule has 0 bridgehead atoms. The van der Waals surface area contributed by atoms with Crippen LogP contribution in [0.25, 0.3) is 0 Å². The molecule has 0 saturated heterocycles. The molecule has 76 valence electrons. The van der Waals surface area contributed by atoms with Crippen molar-refractivity contribution < 1.29 is 4.79 Å². The van der Waals surface area contributed by atoms with Crippen molar-refractivity contribution in [1.29, 1.82) is 10.5 Å². The summed E-state index contributed by atoms with van der Waals surface area (Å²) in [4.78, 5) is 12.9. The van der Waals surface area contributed by atoms with Crippen molar-refractivity contribution in [3.63, 3.8) is 0 Å². The molecule has 0 aromatic rings. The molecule has 14 heavy (non-hydrogen) atoms. The number of carbonyl (C=O) groups excluding carboxylic acids is 1. The lowest BCUT2D eigenvalue weighted by Crippen LogP contribution is -2.45. The van der Waals surface area contributed by atoms with Crippen molar-refractivity contribution in [2.45, 2.75) is 13.8 Å². The molecule has 5 nitrogen and oxygen atoms in total. The average Bonchev–Trinajstić information content (AvgIpc) is 2.16. The highest BCUT2D eigenvalue weighted by Gasteiger charge is 2.30. The van der Waals surface area contributed by atoms with Crippen LogP contribution >= 0.6 is 0 Å². The first kappa shape index (κ1) is 12.4. The molecule has 0 saturated carbocycles. The molecule has 0 aliphatic carbocycles. The van der Waals surface area contributed by atoms with Crippen LogP contribution in [0.15, 0.2) is 0 Å². The summed E-state index contributed by atoms with van der Waals surface area (Å²) >= 11 is 0. The second-order valence-electron chi connectivity index (χ2n) is 3.57. The molecular weight excluding hydrogens is 180 g/mol. The number of nitriles is 2. The Kier molecular flexibility index (Phi) is 4.62. The van der Waals surface area contributed by atoms with Gasteiger partial charge < -0.3 is 10.6 Å². The van der Waals surface area contributed by atoms with Gasteiger partial charge in [0.15, 0.2) is 0 Å². The maximum Gasteiger partial charge on any atom is 0.231 e. The van der Waals surface area contributed by atoms with Crippen molar-refractivity contribution in [1.82, 2.24) is 4.90 Å². The lowest BCUT2D eigenvalue weighted by Gasteiger charge is -2.27. The molecule has 0 aliphatic rings. The van der Waals surface area contributed by atoms with Crippen LogP contribution in [0.1, 0.15) is 13.8 Å². The predicted molar refractivity (Wildman–Crippen MR) is 50.6 cm³/mol. The molecule has 0 unspecified atom stereocenters. The van der Waals surface area contributed by atoms with Crippen LogP contribution < -0.4 is 5.73 Å². The lowest BCUT2D eigenvalue weighted by molar-refractivity contribution is -0.138. The zero-order valence-electron chi connectivity index (χ0n) is 8.45. The number of nitrogens with two attached hydrogens (primary N) is 1. The fraction of sp³-hybridized carbons (Fsp3) is 0.667. The second-order valence-corrected chi connectivity index (χ2v) is 3.57. The first-order valence-corrected chi connectivity index (χ1v) is 4.23. The van der Waals surface area contributed by atoms with Crippen LogP contribution in [-0.4, -0.2) is 30.4 Å². The van der Waals surface area contributed by atoms with E-state index in [1.54, 1.807) is 13.8 Å². The molecule has 0 radical (unpaired) electrons. The smallest absolute Gasteiger partial charge is 0.231 e. The Hall–Kier alpha value is -1.59. The highest BCUT2D eigenvalue weighted by molar-refractivity contribution is 5.82. The largest absolute Gasteiger partial charge is 0.329 e. The van der Waals surface area contributed by atoms with Gasteiger partial charge in [-0.25, -0.2) is 0 Å². The van der Waals surface area contributed by atoms with Gasteiger partial charge in [0.05, 0.1) is 17.6 Å². The summed E-state index contributed by atoms with van der Waals surface area (Å²) in [5.74, 6) is -0.261. The minimum atomic E-state index is -0.715. The Bertz CT molecular complexity index is 268. The maximum atomic E-state index is 11.7. The van der Waals surface area contributed by atoms with Gasteiger partial charge in [0.2, 0.25) is 5.91 Å². The highest BCUT2D eigenvalue weighted by Crippen LogP contribution is 2.16. The quantitative estimate of drug-likeness (QED) is 0.629. The van der Waals surface area contributed by atoms with Crippen LogP contribution in [0, 0.1) is 28.1 Å². The molecule has 0 atom stereocenters. The van der Waals surface area contributed by atoms with E-state index in [4.69, 9.17) is 16.3 Å². The van der Waals surface area contributed by atoms with Gasteiger partial charge in [0.25, 0.3) is 0 Å². The van der Waals surface area contributed by atoms with Crippen LogP contribution in [0.2, 0.25) is 0 Å². The number of hydrogen-bond donors (Lipinski definition) is 1. The molecule has 0 fully saturated rings. The van der Waals surface area contributed by atoms with Crippen LogP contribution in [-0.2, 0) is 4.79 Å². The number of nitrogens with zero attached hydrogens (tertiary/aromatic N) is 3. The number of rotatable bonds is 4. The SMILES string of the molecule is CC(C)(CN)C(=O)N(CC#N)CC#N. The van der Waals surface area contributed by atoms with Gasteiger partial charge in [-0.05, 0) is 13.8 Å². The van der Waals surface area contributed by atoms with E-state index >= 15 is 0 Å². The van der Waals surface area contributed by atoms with Gasteiger partial charge in [-0.3, -0.25) is 4.79 Å². The number of hydrogen-bond acceptors (Lipinski definition) is 4. The van der Waals surface area contributed by atoms with Crippen molar-refractivity contribution >= 4 is 5.91 Å². The van der Waals surface area contributed by atoms with Gasteiger partial charge in [-0.15, -0.1) is 0 Å². The minimum Gasteiger partial charge on any atom is -0.329 e. The van der Waals surface area contributed by atoms with Crippen molar-refractivity contribution in [2.75, 3.05) is 19.6 Å². The third kappa shape index (κ3) is 3.04. The van der Waals surface area contributed by atoms with Crippen molar-refractivity contribution in [3.8, 4) is 12.1 Å². The maximum absolute atomic E-state index is 11.7. The molecule has 5 heteroatoms. The average molecular weight is 194 g/mol. The first-order valence-electron chi connectivity index (χ1n) is 4.23. The Morgan fingerprint density at radius 3 is 2.07 bits per heavy atom. The van der Waals surface area contributed by atoms with E-state index in [0.717, 1.165) is 0 Å². The van der Waals surface area contributed by atoms with Crippen molar-refractivity contribution in [3.05, 3.63) is 0 Å². The van der Waals surface area contributed by atoms with Gasteiger partial charge in [0.1, 0.15) is 13.1 Å². The number of carbonyl (C=O) groups is 1. The Morgan fingerprint density at radius 1 is 1.36 bits per heavy atom. The van der Waals surface area contributed by atoms with Crippen LogP contribution in [0.3, 0.4) is 0 Å². The molecule has 0 spiro atoms. The molecule has 0 rings (SSSR count). The molecule has 0 heterocycles. The van der Waals surface area contributed by atoms with E-state index in [1.165, 1.54) is 4.90 Å². The number of amides is 1. The fourth-order valence-corrected chi connectivity index (χ4v) is 0.886. The normalized spacial score (nSPS) is 10.1. The lowest BCUT2D eigenvalue weighted by atomic mass is 9.92. The van der Waals surface area contributed by atoms with Gasteiger partial charge in [-0.2, -0.15) is 10.5 Å². The summed E-state index contributed by atoms with van der Waals surface area (Å²) in [5.41, 5.74) is 4.71. The fourth-order valence-electron chi connectivity index (χ4n) is 0.886. The second kappa shape index (κ2) is 5.21. The van der Waals surface area contributed by atoms with Crippen molar-refractivity contribution in [2.24, 2.45) is 11.1 Å². The predicted octanol–water partition coefficient (Wildman–Crippen LogP) is -0.153. The minimum absolute atomic E-state index is 0.0736. The summed E-state index contributed by atoms with van der Waals surface area (Å²) in [6.45, 7) is 3.43. The molecule has 0 aromatic heterocycles. The highest BCUT2D eigenvalue weighted by atomic mass is 16.2. The van der Waals surface area contributed by atoms with Gasteiger partial charge in [0, 0.05) is 6.54 Å². The Morgan fingerprint density at radius 2 is 1.79 bits per heavy atom. The summed E-state index contributed by atoms with van der Waals surface area (Å²) in [5, 5.41) is 16.9. The first-order chi connectivity index (χ1) is 6.49. The van der Waals surface area contributed by atoms with E-state index in [9.17, 15) is 4.79 Å². The third-order valence-electron chi connectivity index (χ3n) is 1.90. The van der Waals surface area contributed by atoms with Gasteiger partial charge >= 0.3 is 0 Å². The van der Waals surface area contributed by atoms with E-state index in [1.807, 2.05) is 12.1 Å². The van der Waals surface area contributed by atoms with E-state index in [2.05, 4.69) is 0 Å². The monoisotopic (exact) mass is 194 g/mol. The Balaban J connectivity index is 4.62. The zero-order valence-corrected chi connectivity index (χ0v) is 8.45. The molecule has 0 aromatic carbocycles. The topological polar surface area (TPSA) is 93.9 Å². The van der Waals surface area contributed by atoms with Crippen LogP contribution in [0.4, 0.5) is 0 Å². The Labute approximate surface area is 83.7 Å². The summed E-state index contributed by atoms with van der Waals surface area (Å²) in [6.07, 6.45) is 0. The molecule has 0 aliphatic heterocycles. The van der Waals surface area contributed by atoms with E-state index in [-0.39, 0.29) is 25.5 Å². The van der Waals surface area contributed by atoms with Gasteiger partial charge in [-0.1, -0.05) is 0 Å². The van der Waals surface area contributed by atoms with E-state index in [0.29, 0.717) is 0 Å². The summed E-state index contributed by atoms with van der Waals surface area (Å²) in [6, 6.07) is 3.69. The van der Waals surface area contributed by atoms with E-state index < -0.39 is 5.41 Å². The standard InChI is InChI=1S/C9H14N4O/c1-9(2,7-12)8(14)13(5-3-10)6-4-11/h5-7,12H2,1-2H3. The third-order valence-corrected chi connectivity index (χ3v) is 1.90. The molecular formula is C9H14N4O. The zero-order chi connectivity index (χ0) is 11.2. The van der Waals surface area contributed by atoms with Crippen LogP contribution in [0.5, 0.6) is 0 Å². The molecule has 2 N–H and O–H groups in total. The summed E-state index contributed by atoms with van der Waals surface area (Å²) in [7, 11) is 0. The molecule has 1 amide bonds. The summed E-state index contributed by atoms with van der Waals surface area (Å²) < 4.78 is 0.